The highest BCUT2D eigenvalue weighted by atomic mass is 35.5. The highest BCUT2D eigenvalue weighted by molar-refractivity contribution is 7.17. The average molecular weight is 296 g/mol. The van der Waals surface area contributed by atoms with Crippen LogP contribution in [0.5, 0.6) is 0 Å². The first-order valence-electron chi connectivity index (χ1n) is 5.96. The predicted octanol–water partition coefficient (Wildman–Crippen LogP) is 3.73. The summed E-state index contributed by atoms with van der Waals surface area (Å²) in [5.74, 6) is 0.335. The lowest BCUT2D eigenvalue weighted by molar-refractivity contribution is -0.111. The van der Waals surface area contributed by atoms with Crippen LogP contribution >= 0.6 is 22.9 Å². The Morgan fingerprint density at radius 3 is 3.11 bits per heavy atom. The molecule has 0 aliphatic heterocycles. The zero-order valence-electron chi connectivity index (χ0n) is 10.4. The third kappa shape index (κ3) is 4.22. The van der Waals surface area contributed by atoms with Gasteiger partial charge in [-0.05, 0) is 24.6 Å². The molecule has 0 spiro atoms. The molecule has 0 aliphatic rings. The first-order valence-corrected chi connectivity index (χ1v) is 7.15. The van der Waals surface area contributed by atoms with Crippen molar-refractivity contribution in [2.45, 2.75) is 19.8 Å². The summed E-state index contributed by atoms with van der Waals surface area (Å²) in [7, 11) is 0. The van der Waals surface area contributed by atoms with Crippen molar-refractivity contribution in [3.63, 3.8) is 0 Å². The van der Waals surface area contributed by atoms with Crippen LogP contribution in [0.25, 0.3) is 6.08 Å². The van der Waals surface area contributed by atoms with Crippen LogP contribution in [0.15, 0.2) is 24.3 Å². The molecule has 19 heavy (non-hydrogen) atoms. The van der Waals surface area contributed by atoms with Crippen LogP contribution in [0.3, 0.4) is 0 Å². The van der Waals surface area contributed by atoms with Crippen molar-refractivity contribution in [2.24, 2.45) is 0 Å². The average Bonchev–Trinajstić information content (AvgIpc) is 2.97. The van der Waals surface area contributed by atoms with E-state index < -0.39 is 0 Å². The number of hydrogen-bond acceptors (Lipinski definition) is 3. The summed E-state index contributed by atoms with van der Waals surface area (Å²) >= 11 is 7.23. The maximum absolute atomic E-state index is 11.7. The number of amides is 1. The van der Waals surface area contributed by atoms with Crippen molar-refractivity contribution in [3.8, 4) is 0 Å². The number of aromatic amines is 1. The van der Waals surface area contributed by atoms with E-state index in [1.54, 1.807) is 12.1 Å². The maximum atomic E-state index is 11.7. The van der Waals surface area contributed by atoms with Gasteiger partial charge in [0.1, 0.15) is 0 Å². The first kappa shape index (κ1) is 13.8. The molecule has 2 heterocycles. The molecule has 2 N–H and O–H groups in total. The molecule has 0 fully saturated rings. The van der Waals surface area contributed by atoms with E-state index in [0.29, 0.717) is 10.2 Å². The molecular weight excluding hydrogens is 282 g/mol. The predicted molar refractivity (Wildman–Crippen MR) is 79.6 cm³/mol. The maximum Gasteiger partial charge on any atom is 0.249 e. The third-order valence-corrected chi connectivity index (χ3v) is 3.59. The van der Waals surface area contributed by atoms with Crippen molar-refractivity contribution >= 4 is 40.7 Å². The summed E-state index contributed by atoms with van der Waals surface area (Å²) in [5, 5.41) is 9.61. The van der Waals surface area contributed by atoms with Crippen molar-refractivity contribution in [3.05, 3.63) is 39.2 Å². The number of aromatic nitrogens is 2. The highest BCUT2D eigenvalue weighted by Gasteiger charge is 2.03. The van der Waals surface area contributed by atoms with Crippen molar-refractivity contribution < 1.29 is 4.79 Å². The van der Waals surface area contributed by atoms with Gasteiger partial charge in [-0.25, -0.2) is 0 Å². The smallest absolute Gasteiger partial charge is 0.249 e. The highest BCUT2D eigenvalue weighted by Crippen LogP contribution is 2.22. The molecule has 4 nitrogen and oxygen atoms in total. The fourth-order valence-corrected chi connectivity index (χ4v) is 2.53. The lowest BCUT2D eigenvalue weighted by atomic mass is 10.2. The summed E-state index contributed by atoms with van der Waals surface area (Å²) < 4.78 is 0.705. The quantitative estimate of drug-likeness (QED) is 0.826. The van der Waals surface area contributed by atoms with Gasteiger partial charge in [-0.2, -0.15) is 5.10 Å². The molecule has 2 rings (SSSR count). The number of nitrogens with zero attached hydrogens (tertiary/aromatic N) is 1. The Morgan fingerprint density at radius 1 is 1.58 bits per heavy atom. The Kier molecular flexibility index (Phi) is 4.76. The van der Waals surface area contributed by atoms with E-state index >= 15 is 0 Å². The second-order valence-corrected chi connectivity index (χ2v) is 5.74. The number of aryl methyl sites for hydroxylation is 1. The van der Waals surface area contributed by atoms with Crippen LogP contribution in [0.2, 0.25) is 4.34 Å². The molecule has 0 radical (unpaired) electrons. The normalized spacial score (nSPS) is 11.1. The molecule has 0 aliphatic carbocycles. The molecule has 100 valence electrons. The lowest BCUT2D eigenvalue weighted by Gasteiger charge is -1.94. The third-order valence-electron chi connectivity index (χ3n) is 2.39. The molecular formula is C13H14ClN3OS. The number of carbonyl (C=O) groups is 1. The van der Waals surface area contributed by atoms with Crippen LogP contribution in [-0.2, 0) is 11.2 Å². The topological polar surface area (TPSA) is 57.8 Å². The van der Waals surface area contributed by atoms with Gasteiger partial charge in [-0.3, -0.25) is 9.89 Å². The number of halogens is 1. The number of H-pyrrole nitrogens is 1. The Bertz CT molecular complexity index is 588. The number of anilines is 1. The number of hydrogen-bond donors (Lipinski definition) is 2. The van der Waals surface area contributed by atoms with Gasteiger partial charge in [0.2, 0.25) is 5.91 Å². The van der Waals surface area contributed by atoms with Crippen LogP contribution in [0, 0.1) is 0 Å². The summed E-state index contributed by atoms with van der Waals surface area (Å²) in [6, 6.07) is 5.51. The molecule has 2 aromatic heterocycles. The summed E-state index contributed by atoms with van der Waals surface area (Å²) in [4.78, 5) is 12.6. The van der Waals surface area contributed by atoms with Gasteiger partial charge in [0.25, 0.3) is 0 Å². The number of nitrogens with one attached hydrogen (secondary N) is 2. The SMILES string of the molecule is CCCc1cc(NC(=O)/C=C/c2ccc(Cl)s2)n[nH]1. The van der Waals surface area contributed by atoms with E-state index in [1.807, 2.05) is 12.1 Å². The molecule has 2 aromatic rings. The minimum atomic E-state index is -0.209. The van der Waals surface area contributed by atoms with Crippen molar-refractivity contribution in [1.29, 1.82) is 0 Å². The van der Waals surface area contributed by atoms with Crippen LogP contribution in [0.4, 0.5) is 5.82 Å². The molecule has 0 aromatic carbocycles. The molecule has 0 unspecified atom stereocenters. The second-order valence-electron chi connectivity index (χ2n) is 3.99. The zero-order chi connectivity index (χ0) is 13.7. The first-order chi connectivity index (χ1) is 9.17. The van der Waals surface area contributed by atoms with E-state index in [2.05, 4.69) is 22.4 Å². The molecule has 0 saturated heterocycles. The van der Waals surface area contributed by atoms with Gasteiger partial charge in [0.15, 0.2) is 5.82 Å². The van der Waals surface area contributed by atoms with Crippen molar-refractivity contribution in [2.75, 3.05) is 5.32 Å². The minimum absolute atomic E-state index is 0.209. The number of rotatable bonds is 5. The molecule has 0 atom stereocenters. The van der Waals surface area contributed by atoms with Crippen LogP contribution in [-0.4, -0.2) is 16.1 Å². The van der Waals surface area contributed by atoms with Crippen LogP contribution < -0.4 is 5.32 Å². The number of carbonyl (C=O) groups excluding carboxylic acids is 1. The fourth-order valence-electron chi connectivity index (χ4n) is 1.57. The van der Waals surface area contributed by atoms with E-state index in [0.717, 1.165) is 23.4 Å². The van der Waals surface area contributed by atoms with Gasteiger partial charge in [0.05, 0.1) is 4.34 Å². The van der Waals surface area contributed by atoms with Crippen molar-refractivity contribution in [1.82, 2.24) is 10.2 Å². The Morgan fingerprint density at radius 2 is 2.42 bits per heavy atom. The van der Waals surface area contributed by atoms with Gasteiger partial charge < -0.3 is 5.32 Å². The molecule has 1 amide bonds. The summed E-state index contributed by atoms with van der Waals surface area (Å²) in [6.07, 6.45) is 5.16. The second kappa shape index (κ2) is 6.54. The van der Waals surface area contributed by atoms with E-state index in [1.165, 1.54) is 17.4 Å². The summed E-state index contributed by atoms with van der Waals surface area (Å²) in [6.45, 7) is 2.09. The van der Waals surface area contributed by atoms with Gasteiger partial charge in [-0.15, -0.1) is 11.3 Å². The largest absolute Gasteiger partial charge is 0.306 e. The van der Waals surface area contributed by atoms with Gasteiger partial charge in [-0.1, -0.05) is 24.9 Å². The standard InChI is InChI=1S/C13H14ClN3OS/c1-2-3-9-8-12(17-16-9)15-13(18)7-5-10-4-6-11(14)19-10/h4-8H,2-3H2,1H3,(H2,15,16,17,18)/b7-5+. The molecule has 0 bridgehead atoms. The monoisotopic (exact) mass is 295 g/mol. The number of thiophene rings is 1. The zero-order valence-corrected chi connectivity index (χ0v) is 12.0. The van der Waals surface area contributed by atoms with E-state index in [-0.39, 0.29) is 5.91 Å². The summed E-state index contributed by atoms with van der Waals surface area (Å²) in [5.41, 5.74) is 1.02. The van der Waals surface area contributed by atoms with Gasteiger partial charge >= 0.3 is 0 Å². The van der Waals surface area contributed by atoms with Crippen LogP contribution in [0.1, 0.15) is 23.9 Å². The Hall–Kier alpha value is -1.59. The lowest BCUT2D eigenvalue weighted by Crippen LogP contribution is -2.07. The fraction of sp³-hybridized carbons (Fsp3) is 0.231. The molecule has 6 heteroatoms. The van der Waals surface area contributed by atoms with E-state index in [4.69, 9.17) is 11.6 Å². The minimum Gasteiger partial charge on any atom is -0.306 e. The molecule has 0 saturated carbocycles. The Balaban J connectivity index is 1.91. The van der Waals surface area contributed by atoms with Gasteiger partial charge in [0, 0.05) is 22.7 Å². The van der Waals surface area contributed by atoms with E-state index in [9.17, 15) is 4.79 Å². The Labute approximate surface area is 120 Å².